The lowest BCUT2D eigenvalue weighted by Crippen LogP contribution is -2.06. The number of benzene rings is 1. The van der Waals surface area contributed by atoms with Gasteiger partial charge in [0.25, 0.3) is 0 Å². The van der Waals surface area contributed by atoms with Crippen molar-refractivity contribution in [1.29, 1.82) is 0 Å². The number of nitrogens with one attached hydrogen (secondary N) is 1. The van der Waals surface area contributed by atoms with Gasteiger partial charge in [-0.25, -0.2) is 18.7 Å². The first-order valence-corrected chi connectivity index (χ1v) is 6.65. The molecule has 20 heavy (non-hydrogen) atoms. The molecule has 1 fully saturated rings. The molecule has 1 N–H and O–H groups in total. The van der Waals surface area contributed by atoms with Gasteiger partial charge in [0.05, 0.1) is 0 Å². The maximum absolute atomic E-state index is 13.5. The molecular formula is C15H15F2N3. The third kappa shape index (κ3) is 2.92. The summed E-state index contributed by atoms with van der Waals surface area (Å²) in [5, 5.41) is 3.07. The molecule has 5 heteroatoms. The molecule has 1 heterocycles. The number of rotatable bonds is 4. The fourth-order valence-electron chi connectivity index (χ4n) is 2.06. The molecule has 1 aromatic carbocycles. The van der Waals surface area contributed by atoms with Crippen molar-refractivity contribution in [3.63, 3.8) is 0 Å². The van der Waals surface area contributed by atoms with E-state index in [9.17, 15) is 8.78 Å². The molecule has 0 radical (unpaired) electrons. The molecule has 2 aromatic rings. The number of anilines is 1. The number of nitrogens with zero attached hydrogens (tertiary/aromatic N) is 2. The van der Waals surface area contributed by atoms with E-state index in [1.165, 1.54) is 12.1 Å². The van der Waals surface area contributed by atoms with Crippen LogP contribution >= 0.6 is 0 Å². The first kappa shape index (κ1) is 13.0. The molecule has 0 unspecified atom stereocenters. The summed E-state index contributed by atoms with van der Waals surface area (Å²) in [4.78, 5) is 8.84. The lowest BCUT2D eigenvalue weighted by Gasteiger charge is -2.09. The van der Waals surface area contributed by atoms with Crippen molar-refractivity contribution in [3.05, 3.63) is 53.0 Å². The summed E-state index contributed by atoms with van der Waals surface area (Å²) in [7, 11) is 0. The number of aromatic nitrogens is 2. The summed E-state index contributed by atoms with van der Waals surface area (Å²) in [6.45, 7) is 2.18. The SMILES string of the molecule is Cc1cc(NCc2ccc(F)cc2F)nc(C2CC2)n1. The molecule has 1 aliphatic rings. The third-order valence-electron chi connectivity index (χ3n) is 3.29. The van der Waals surface area contributed by atoms with Crippen LogP contribution in [0.2, 0.25) is 0 Å². The zero-order valence-corrected chi connectivity index (χ0v) is 11.2. The Hall–Kier alpha value is -2.04. The first-order chi connectivity index (χ1) is 9.61. The lowest BCUT2D eigenvalue weighted by molar-refractivity contribution is 0.574. The van der Waals surface area contributed by atoms with Gasteiger partial charge in [-0.2, -0.15) is 0 Å². The van der Waals surface area contributed by atoms with Crippen LogP contribution in [0.25, 0.3) is 0 Å². The van der Waals surface area contributed by atoms with Crippen molar-refractivity contribution >= 4 is 5.82 Å². The average molecular weight is 275 g/mol. The predicted octanol–water partition coefficient (Wildman–Crippen LogP) is 3.55. The molecule has 0 saturated heterocycles. The van der Waals surface area contributed by atoms with Gasteiger partial charge in [0.1, 0.15) is 23.3 Å². The molecule has 1 aromatic heterocycles. The molecule has 104 valence electrons. The molecule has 0 spiro atoms. The molecule has 1 saturated carbocycles. The van der Waals surface area contributed by atoms with Gasteiger partial charge in [0.15, 0.2) is 0 Å². The van der Waals surface area contributed by atoms with Crippen LogP contribution in [0.3, 0.4) is 0 Å². The summed E-state index contributed by atoms with van der Waals surface area (Å²) in [6, 6.07) is 5.40. The van der Waals surface area contributed by atoms with Gasteiger partial charge in [0.2, 0.25) is 0 Å². The topological polar surface area (TPSA) is 37.8 Å². The third-order valence-corrected chi connectivity index (χ3v) is 3.29. The second kappa shape index (κ2) is 5.15. The highest BCUT2D eigenvalue weighted by Crippen LogP contribution is 2.38. The normalized spacial score (nSPS) is 14.3. The van der Waals surface area contributed by atoms with Crippen LogP contribution in [0, 0.1) is 18.6 Å². The Labute approximate surface area is 116 Å². The number of hydrogen-bond donors (Lipinski definition) is 1. The van der Waals surface area contributed by atoms with Crippen LogP contribution in [0.1, 0.15) is 35.8 Å². The second-order valence-electron chi connectivity index (χ2n) is 5.12. The van der Waals surface area contributed by atoms with Crippen molar-refractivity contribution in [1.82, 2.24) is 9.97 Å². The molecule has 1 aliphatic carbocycles. The Morgan fingerprint density at radius 3 is 2.70 bits per heavy atom. The number of aryl methyl sites for hydroxylation is 1. The fraction of sp³-hybridized carbons (Fsp3) is 0.333. The Kier molecular flexibility index (Phi) is 3.34. The maximum Gasteiger partial charge on any atom is 0.134 e. The standard InChI is InChI=1S/C15H15F2N3/c1-9-6-14(20-15(19-9)10-2-3-10)18-8-11-4-5-12(16)7-13(11)17/h4-7,10H,2-3,8H2,1H3,(H,18,19,20). The smallest absolute Gasteiger partial charge is 0.134 e. The predicted molar refractivity (Wildman–Crippen MR) is 72.4 cm³/mol. The van der Waals surface area contributed by atoms with Crippen LogP contribution in [-0.4, -0.2) is 9.97 Å². The molecule has 0 atom stereocenters. The summed E-state index contributed by atoms with van der Waals surface area (Å²) in [5.41, 5.74) is 1.31. The molecular weight excluding hydrogens is 260 g/mol. The van der Waals surface area contributed by atoms with E-state index in [4.69, 9.17) is 0 Å². The molecule has 0 aliphatic heterocycles. The Balaban J connectivity index is 1.74. The van der Waals surface area contributed by atoms with Gasteiger partial charge < -0.3 is 5.32 Å². The largest absolute Gasteiger partial charge is 0.366 e. The fourth-order valence-corrected chi connectivity index (χ4v) is 2.06. The Morgan fingerprint density at radius 1 is 1.20 bits per heavy atom. The van der Waals surface area contributed by atoms with Gasteiger partial charge in [0, 0.05) is 35.9 Å². The summed E-state index contributed by atoms with van der Waals surface area (Å²) in [6.07, 6.45) is 2.27. The van der Waals surface area contributed by atoms with E-state index in [-0.39, 0.29) is 6.54 Å². The van der Waals surface area contributed by atoms with E-state index < -0.39 is 11.6 Å². The van der Waals surface area contributed by atoms with Crippen LogP contribution in [0.5, 0.6) is 0 Å². The minimum atomic E-state index is -0.569. The van der Waals surface area contributed by atoms with Crippen LogP contribution < -0.4 is 5.32 Å². The van der Waals surface area contributed by atoms with Gasteiger partial charge in [-0.1, -0.05) is 6.07 Å². The Bertz CT molecular complexity index is 639. The quantitative estimate of drug-likeness (QED) is 0.927. The summed E-state index contributed by atoms with van der Waals surface area (Å²) in [5.74, 6) is 0.888. The van der Waals surface area contributed by atoms with Crippen molar-refractivity contribution in [2.24, 2.45) is 0 Å². The lowest BCUT2D eigenvalue weighted by atomic mass is 10.2. The number of halogens is 2. The van der Waals surface area contributed by atoms with Gasteiger partial charge in [-0.3, -0.25) is 0 Å². The van der Waals surface area contributed by atoms with Crippen LogP contribution in [0.15, 0.2) is 24.3 Å². The minimum Gasteiger partial charge on any atom is -0.366 e. The van der Waals surface area contributed by atoms with E-state index in [1.54, 1.807) is 0 Å². The van der Waals surface area contributed by atoms with Crippen molar-refractivity contribution in [3.8, 4) is 0 Å². The highest BCUT2D eigenvalue weighted by Gasteiger charge is 2.27. The molecule has 3 nitrogen and oxygen atoms in total. The van der Waals surface area contributed by atoms with Gasteiger partial charge in [-0.15, -0.1) is 0 Å². The van der Waals surface area contributed by atoms with Crippen molar-refractivity contribution in [2.75, 3.05) is 5.32 Å². The first-order valence-electron chi connectivity index (χ1n) is 6.65. The van der Waals surface area contributed by atoms with E-state index in [1.807, 2.05) is 13.0 Å². The molecule has 3 rings (SSSR count). The Morgan fingerprint density at radius 2 is 2.00 bits per heavy atom. The highest BCUT2D eigenvalue weighted by molar-refractivity contribution is 5.38. The van der Waals surface area contributed by atoms with Crippen LogP contribution in [0.4, 0.5) is 14.6 Å². The monoisotopic (exact) mass is 275 g/mol. The van der Waals surface area contributed by atoms with E-state index in [2.05, 4.69) is 15.3 Å². The maximum atomic E-state index is 13.5. The van der Waals surface area contributed by atoms with Crippen molar-refractivity contribution in [2.45, 2.75) is 32.2 Å². The van der Waals surface area contributed by atoms with E-state index >= 15 is 0 Å². The molecule has 0 bridgehead atoms. The molecule has 0 amide bonds. The summed E-state index contributed by atoms with van der Waals surface area (Å²) < 4.78 is 26.4. The zero-order valence-electron chi connectivity index (χ0n) is 11.2. The van der Waals surface area contributed by atoms with E-state index in [0.29, 0.717) is 17.3 Å². The average Bonchev–Trinajstić information content (AvgIpc) is 3.21. The summed E-state index contributed by atoms with van der Waals surface area (Å²) >= 11 is 0. The zero-order chi connectivity index (χ0) is 14.1. The minimum absolute atomic E-state index is 0.271. The number of hydrogen-bond acceptors (Lipinski definition) is 3. The second-order valence-corrected chi connectivity index (χ2v) is 5.12. The van der Waals surface area contributed by atoms with Gasteiger partial charge in [-0.05, 0) is 25.8 Å². The van der Waals surface area contributed by atoms with Crippen molar-refractivity contribution < 1.29 is 8.78 Å². The highest BCUT2D eigenvalue weighted by atomic mass is 19.1. The van der Waals surface area contributed by atoms with Gasteiger partial charge >= 0.3 is 0 Å². The van der Waals surface area contributed by atoms with Crippen LogP contribution in [-0.2, 0) is 6.54 Å². The van der Waals surface area contributed by atoms with E-state index in [0.717, 1.165) is 30.4 Å².